The standard InChI is InChI=1S/C30H27N/c1-3-13-28-26(11-1)27-12-2-4-14-29(27)31(28)30-21-24-9-5-7-22-15-17-23(18-16-22)8-6-10-25(30)20-19-24/h1-4,11-21H,5-10H2. The van der Waals surface area contributed by atoms with Gasteiger partial charge in [0, 0.05) is 16.5 Å². The van der Waals surface area contributed by atoms with Crippen LogP contribution in [0.3, 0.4) is 0 Å². The van der Waals surface area contributed by atoms with E-state index in [1.807, 2.05) is 0 Å². The molecular weight excluding hydrogens is 374 g/mol. The molecule has 4 aliphatic carbocycles. The van der Waals surface area contributed by atoms with Gasteiger partial charge in [0.1, 0.15) is 0 Å². The van der Waals surface area contributed by atoms with Gasteiger partial charge in [0.2, 0.25) is 0 Å². The molecule has 0 aliphatic heterocycles. The summed E-state index contributed by atoms with van der Waals surface area (Å²) in [6.45, 7) is 0. The molecule has 0 radical (unpaired) electrons. The van der Waals surface area contributed by atoms with E-state index in [1.165, 1.54) is 62.6 Å². The molecule has 0 amide bonds. The van der Waals surface area contributed by atoms with E-state index in [4.69, 9.17) is 0 Å². The van der Waals surface area contributed by atoms with E-state index in [9.17, 15) is 0 Å². The summed E-state index contributed by atoms with van der Waals surface area (Å²) >= 11 is 0. The van der Waals surface area contributed by atoms with E-state index in [-0.39, 0.29) is 0 Å². The van der Waals surface area contributed by atoms with E-state index in [0.29, 0.717) is 0 Å². The fourth-order valence-electron chi connectivity index (χ4n) is 5.22. The second-order valence-electron chi connectivity index (χ2n) is 8.86. The first-order chi connectivity index (χ1) is 15.4. The summed E-state index contributed by atoms with van der Waals surface area (Å²) in [4.78, 5) is 0. The number of nitrogens with zero attached hydrogens (tertiary/aromatic N) is 1. The molecule has 4 bridgehead atoms. The Morgan fingerprint density at radius 2 is 1.00 bits per heavy atom. The molecule has 31 heavy (non-hydrogen) atoms. The Morgan fingerprint density at radius 3 is 1.65 bits per heavy atom. The van der Waals surface area contributed by atoms with Crippen LogP contribution >= 0.6 is 0 Å². The molecule has 1 heterocycles. The van der Waals surface area contributed by atoms with Crippen LogP contribution in [0, 0.1) is 0 Å². The van der Waals surface area contributed by atoms with Crippen LogP contribution in [0.4, 0.5) is 0 Å². The molecule has 1 aromatic heterocycles. The van der Waals surface area contributed by atoms with Gasteiger partial charge in [-0.15, -0.1) is 0 Å². The molecule has 0 saturated heterocycles. The van der Waals surface area contributed by atoms with Gasteiger partial charge >= 0.3 is 0 Å². The highest BCUT2D eigenvalue weighted by atomic mass is 15.0. The monoisotopic (exact) mass is 401 g/mol. The second kappa shape index (κ2) is 7.74. The zero-order valence-corrected chi connectivity index (χ0v) is 17.9. The number of fused-ring (bicyclic) bond motifs is 3. The smallest absolute Gasteiger partial charge is 0.0541 e. The largest absolute Gasteiger partial charge is 0.309 e. The van der Waals surface area contributed by atoms with Gasteiger partial charge in [-0.05, 0) is 79.0 Å². The summed E-state index contributed by atoms with van der Waals surface area (Å²) in [5.74, 6) is 0. The zero-order chi connectivity index (χ0) is 20.6. The quantitative estimate of drug-likeness (QED) is 0.275. The predicted molar refractivity (Wildman–Crippen MR) is 131 cm³/mol. The van der Waals surface area contributed by atoms with Gasteiger partial charge < -0.3 is 4.57 Å². The Labute approximate surface area is 184 Å². The van der Waals surface area contributed by atoms with Crippen LogP contribution in [-0.2, 0) is 25.7 Å². The molecule has 5 aromatic rings. The van der Waals surface area contributed by atoms with Crippen molar-refractivity contribution in [3.8, 4) is 5.69 Å². The van der Waals surface area contributed by atoms with E-state index < -0.39 is 0 Å². The molecule has 0 fully saturated rings. The molecule has 9 rings (SSSR count). The van der Waals surface area contributed by atoms with Crippen molar-refractivity contribution in [2.24, 2.45) is 0 Å². The normalized spacial score (nSPS) is 14.3. The first-order valence-electron chi connectivity index (χ1n) is 11.5. The van der Waals surface area contributed by atoms with Crippen molar-refractivity contribution in [2.45, 2.75) is 38.5 Å². The topological polar surface area (TPSA) is 4.93 Å². The lowest BCUT2D eigenvalue weighted by atomic mass is 9.96. The van der Waals surface area contributed by atoms with Crippen molar-refractivity contribution >= 4 is 21.8 Å². The van der Waals surface area contributed by atoms with Crippen LogP contribution in [0.25, 0.3) is 27.5 Å². The van der Waals surface area contributed by atoms with Crippen molar-refractivity contribution in [3.05, 3.63) is 113 Å². The summed E-state index contributed by atoms with van der Waals surface area (Å²) in [5, 5.41) is 2.67. The van der Waals surface area contributed by atoms with Crippen molar-refractivity contribution < 1.29 is 0 Å². The van der Waals surface area contributed by atoms with Gasteiger partial charge in [0.25, 0.3) is 0 Å². The summed E-state index contributed by atoms with van der Waals surface area (Å²) in [5.41, 5.74) is 9.77. The molecule has 0 N–H and O–H groups in total. The van der Waals surface area contributed by atoms with Gasteiger partial charge in [0.15, 0.2) is 0 Å². The molecule has 4 aromatic carbocycles. The SMILES string of the molecule is c1ccc2c(c1)c1ccccc1n2-c1cc2ccc1CCCc1ccc(cc1)CCC2. The highest BCUT2D eigenvalue weighted by molar-refractivity contribution is 6.09. The number of hydrogen-bond donors (Lipinski definition) is 0. The lowest BCUT2D eigenvalue weighted by Crippen LogP contribution is -2.03. The fourth-order valence-corrected chi connectivity index (χ4v) is 5.22. The highest BCUT2D eigenvalue weighted by Gasteiger charge is 2.15. The van der Waals surface area contributed by atoms with Crippen molar-refractivity contribution in [2.75, 3.05) is 0 Å². The minimum Gasteiger partial charge on any atom is -0.309 e. The van der Waals surface area contributed by atoms with E-state index in [2.05, 4.69) is 95.6 Å². The van der Waals surface area contributed by atoms with Gasteiger partial charge in [-0.1, -0.05) is 72.8 Å². The number of hydrogen-bond acceptors (Lipinski definition) is 0. The summed E-state index contributed by atoms with van der Waals surface area (Å²) in [6, 6.07) is 34.2. The van der Waals surface area contributed by atoms with Crippen LogP contribution in [-0.4, -0.2) is 4.57 Å². The molecular formula is C30H27N. The Balaban J connectivity index is 1.52. The minimum absolute atomic E-state index is 1.10. The number of aryl methyl sites for hydroxylation is 4. The fraction of sp³-hybridized carbons (Fsp3) is 0.200. The third-order valence-electron chi connectivity index (χ3n) is 6.84. The summed E-state index contributed by atoms with van der Waals surface area (Å²) in [6.07, 6.45) is 6.85. The predicted octanol–water partition coefficient (Wildman–Crippen LogP) is 7.45. The molecule has 0 spiro atoms. The second-order valence-corrected chi connectivity index (χ2v) is 8.86. The van der Waals surface area contributed by atoms with Crippen molar-refractivity contribution in [1.82, 2.24) is 4.57 Å². The maximum Gasteiger partial charge on any atom is 0.0541 e. The van der Waals surface area contributed by atoms with Crippen LogP contribution in [0.2, 0.25) is 0 Å². The Morgan fingerprint density at radius 1 is 0.484 bits per heavy atom. The Hall–Kier alpha value is -3.32. The van der Waals surface area contributed by atoms with Crippen molar-refractivity contribution in [3.63, 3.8) is 0 Å². The minimum atomic E-state index is 1.10. The van der Waals surface area contributed by atoms with Gasteiger partial charge in [-0.3, -0.25) is 0 Å². The van der Waals surface area contributed by atoms with Crippen LogP contribution in [0.5, 0.6) is 0 Å². The zero-order valence-electron chi connectivity index (χ0n) is 17.9. The average molecular weight is 402 g/mol. The molecule has 0 atom stereocenters. The molecule has 1 nitrogen and oxygen atoms in total. The van der Waals surface area contributed by atoms with Gasteiger partial charge in [-0.2, -0.15) is 0 Å². The summed E-state index contributed by atoms with van der Waals surface area (Å²) < 4.78 is 2.50. The van der Waals surface area contributed by atoms with E-state index in [0.717, 1.165) is 25.7 Å². The van der Waals surface area contributed by atoms with E-state index >= 15 is 0 Å². The number of para-hydroxylation sites is 2. The van der Waals surface area contributed by atoms with Gasteiger partial charge in [-0.25, -0.2) is 0 Å². The molecule has 0 unspecified atom stereocenters. The maximum absolute atomic E-state index is 2.50. The first kappa shape index (κ1) is 18.4. The van der Waals surface area contributed by atoms with Crippen LogP contribution in [0.1, 0.15) is 35.1 Å². The first-order valence-corrected chi connectivity index (χ1v) is 11.5. The average Bonchev–Trinajstić information content (AvgIpc) is 3.15. The number of benzene rings is 4. The maximum atomic E-state index is 2.50. The van der Waals surface area contributed by atoms with Crippen LogP contribution in [0.15, 0.2) is 91.0 Å². The molecule has 0 saturated carbocycles. The molecule has 4 aliphatic rings. The third-order valence-corrected chi connectivity index (χ3v) is 6.84. The Bertz CT molecular complexity index is 1320. The number of rotatable bonds is 1. The molecule has 152 valence electrons. The van der Waals surface area contributed by atoms with E-state index in [1.54, 1.807) is 0 Å². The lowest BCUT2D eigenvalue weighted by Gasteiger charge is -2.16. The summed E-state index contributed by atoms with van der Waals surface area (Å²) in [7, 11) is 0. The Kier molecular flexibility index (Phi) is 4.61. The third kappa shape index (κ3) is 3.35. The molecule has 1 heteroatoms. The number of aromatic nitrogens is 1. The van der Waals surface area contributed by atoms with Gasteiger partial charge in [0.05, 0.1) is 11.0 Å². The lowest BCUT2D eigenvalue weighted by molar-refractivity contribution is 0.796. The van der Waals surface area contributed by atoms with Crippen molar-refractivity contribution in [1.29, 1.82) is 0 Å². The van der Waals surface area contributed by atoms with Crippen LogP contribution < -0.4 is 0 Å². The highest BCUT2D eigenvalue weighted by Crippen LogP contribution is 2.34.